The first-order valence-corrected chi connectivity index (χ1v) is 7.48. The molecule has 3 N–H and O–H groups in total. The van der Waals surface area contributed by atoms with Gasteiger partial charge < -0.3 is 10.4 Å². The van der Waals surface area contributed by atoms with Crippen LogP contribution in [0.25, 0.3) is 0 Å². The maximum Gasteiger partial charge on any atom is 0.339 e. The Morgan fingerprint density at radius 2 is 2.09 bits per heavy atom. The van der Waals surface area contributed by atoms with Crippen LogP contribution in [0.5, 0.6) is 5.75 Å². The van der Waals surface area contributed by atoms with E-state index in [2.05, 4.69) is 31.8 Å². The van der Waals surface area contributed by atoms with Gasteiger partial charge in [0.1, 0.15) is 5.75 Å². The van der Waals surface area contributed by atoms with Gasteiger partial charge in [0.15, 0.2) is 0 Å². The van der Waals surface area contributed by atoms with Crippen molar-refractivity contribution in [3.63, 3.8) is 0 Å². The number of nitrogens with zero attached hydrogens (tertiary/aromatic N) is 1. The van der Waals surface area contributed by atoms with Gasteiger partial charge in [-0.25, -0.2) is 10.2 Å². The van der Waals surface area contributed by atoms with Crippen molar-refractivity contribution in [1.29, 1.82) is 0 Å². The van der Waals surface area contributed by atoms with Crippen molar-refractivity contribution in [2.24, 2.45) is 5.10 Å². The highest BCUT2D eigenvalue weighted by Crippen LogP contribution is 2.32. The third-order valence-corrected chi connectivity index (χ3v) is 3.70. The smallest absolute Gasteiger partial charge is 0.339 e. The average Bonchev–Trinajstić information content (AvgIpc) is 2.47. The number of hydrogen-bond donors (Lipinski definition) is 3. The molecule has 0 saturated carbocycles. The zero-order valence-electron chi connectivity index (χ0n) is 11.6. The third-order valence-electron chi connectivity index (χ3n) is 2.81. The van der Waals surface area contributed by atoms with E-state index in [9.17, 15) is 9.90 Å². The second-order valence-corrected chi connectivity index (χ2v) is 5.73. The van der Waals surface area contributed by atoms with E-state index in [4.69, 9.17) is 11.6 Å². The van der Waals surface area contributed by atoms with Crippen LogP contribution in [0.1, 0.15) is 11.1 Å². The van der Waals surface area contributed by atoms with Gasteiger partial charge in [-0.1, -0.05) is 29.8 Å². The summed E-state index contributed by atoms with van der Waals surface area (Å²) >= 11 is 9.02. The zero-order chi connectivity index (χ0) is 16.1. The number of hydrogen-bond acceptors (Lipinski definition) is 3. The summed E-state index contributed by atoms with van der Waals surface area (Å²) in [7, 11) is 0. The molecule has 2 amide bonds. The largest absolute Gasteiger partial charge is 0.505 e. The van der Waals surface area contributed by atoms with Crippen molar-refractivity contribution in [2.75, 3.05) is 5.32 Å². The predicted molar refractivity (Wildman–Crippen MR) is 91.7 cm³/mol. The highest BCUT2D eigenvalue weighted by molar-refractivity contribution is 9.10. The summed E-state index contributed by atoms with van der Waals surface area (Å²) in [6, 6.07) is 10.1. The molecule has 2 aromatic rings. The number of carbonyl (C=O) groups excluding carboxylic acids is 1. The van der Waals surface area contributed by atoms with Crippen LogP contribution in [0.3, 0.4) is 0 Å². The number of phenolic OH excluding ortho intramolecular Hbond substituents is 1. The Kier molecular flexibility index (Phi) is 5.41. The van der Waals surface area contributed by atoms with Crippen LogP contribution in [0, 0.1) is 6.92 Å². The molecule has 22 heavy (non-hydrogen) atoms. The van der Waals surface area contributed by atoms with Gasteiger partial charge in [0.2, 0.25) is 0 Å². The number of benzene rings is 2. The van der Waals surface area contributed by atoms with Gasteiger partial charge >= 0.3 is 6.03 Å². The highest BCUT2D eigenvalue weighted by atomic mass is 79.9. The summed E-state index contributed by atoms with van der Waals surface area (Å²) in [5.41, 5.74) is 4.66. The number of aromatic hydroxyl groups is 1. The molecule has 0 fully saturated rings. The summed E-state index contributed by atoms with van der Waals surface area (Å²) < 4.78 is 0.450. The minimum Gasteiger partial charge on any atom is -0.505 e. The van der Waals surface area contributed by atoms with E-state index in [0.29, 0.717) is 15.7 Å². The lowest BCUT2D eigenvalue weighted by molar-refractivity contribution is 0.252. The monoisotopic (exact) mass is 381 g/mol. The van der Waals surface area contributed by atoms with E-state index in [0.717, 1.165) is 5.56 Å². The topological polar surface area (TPSA) is 73.7 Å². The van der Waals surface area contributed by atoms with E-state index in [-0.39, 0.29) is 10.8 Å². The Labute approximate surface area is 141 Å². The number of para-hydroxylation sites is 1. The number of carbonyl (C=O) groups is 1. The molecule has 0 bridgehead atoms. The lowest BCUT2D eigenvalue weighted by atomic mass is 10.2. The first-order valence-electron chi connectivity index (χ1n) is 6.31. The molecule has 0 spiro atoms. The van der Waals surface area contributed by atoms with E-state index in [1.54, 1.807) is 12.1 Å². The van der Waals surface area contributed by atoms with Gasteiger partial charge in [-0.2, -0.15) is 5.10 Å². The molecule has 2 aromatic carbocycles. The fraction of sp³-hybridized carbons (Fsp3) is 0.0667. The van der Waals surface area contributed by atoms with E-state index < -0.39 is 6.03 Å². The van der Waals surface area contributed by atoms with Crippen molar-refractivity contribution in [3.05, 3.63) is 57.0 Å². The van der Waals surface area contributed by atoms with Crippen LogP contribution in [0.2, 0.25) is 5.02 Å². The molecular formula is C15H13BrClN3O2. The summed E-state index contributed by atoms with van der Waals surface area (Å²) in [5, 5.41) is 16.2. The fourth-order valence-corrected chi connectivity index (χ4v) is 2.51. The molecule has 0 aliphatic rings. The summed E-state index contributed by atoms with van der Waals surface area (Å²) in [6.07, 6.45) is 1.42. The molecule has 0 atom stereocenters. The van der Waals surface area contributed by atoms with Crippen molar-refractivity contribution in [2.45, 2.75) is 6.92 Å². The molecule has 5 nitrogen and oxygen atoms in total. The number of urea groups is 1. The standard InChI is InChI=1S/C15H13BrClN3O2/c1-9-4-2-3-5-13(9)19-15(22)20-18-8-10-6-11(16)14(21)12(17)7-10/h2-8,21H,1H3,(H2,19,20,22). The van der Waals surface area contributed by atoms with Crippen LogP contribution >= 0.6 is 27.5 Å². The molecule has 0 aromatic heterocycles. The molecule has 0 aliphatic heterocycles. The number of amides is 2. The van der Waals surface area contributed by atoms with Gasteiger partial charge in [0.25, 0.3) is 0 Å². The first-order chi connectivity index (χ1) is 10.5. The molecule has 0 saturated heterocycles. The van der Waals surface area contributed by atoms with E-state index >= 15 is 0 Å². The highest BCUT2D eigenvalue weighted by Gasteiger charge is 2.05. The predicted octanol–water partition coefficient (Wildman–Crippen LogP) is 4.27. The minimum atomic E-state index is -0.450. The average molecular weight is 383 g/mol. The summed E-state index contributed by atoms with van der Waals surface area (Å²) in [5.74, 6) is -0.0379. The number of hydrazone groups is 1. The number of rotatable bonds is 3. The number of halogens is 2. The van der Waals surface area contributed by atoms with Crippen LogP contribution in [-0.2, 0) is 0 Å². The third kappa shape index (κ3) is 4.22. The SMILES string of the molecule is Cc1ccccc1NC(=O)NN=Cc1cc(Cl)c(O)c(Br)c1. The van der Waals surface area contributed by atoms with Gasteiger partial charge in [-0.05, 0) is 52.2 Å². The first kappa shape index (κ1) is 16.3. The number of aryl methyl sites for hydroxylation is 1. The maximum atomic E-state index is 11.7. The Bertz CT molecular complexity index is 711. The molecule has 2 rings (SSSR count). The molecular weight excluding hydrogens is 370 g/mol. The minimum absolute atomic E-state index is 0.0379. The van der Waals surface area contributed by atoms with Crippen LogP contribution < -0.4 is 10.7 Å². The number of nitrogens with one attached hydrogen (secondary N) is 2. The maximum absolute atomic E-state index is 11.7. The fourth-order valence-electron chi connectivity index (χ4n) is 1.69. The van der Waals surface area contributed by atoms with E-state index in [1.165, 1.54) is 12.3 Å². The van der Waals surface area contributed by atoms with Gasteiger partial charge in [-0.15, -0.1) is 0 Å². The van der Waals surface area contributed by atoms with Crippen molar-refractivity contribution in [1.82, 2.24) is 5.43 Å². The quantitative estimate of drug-likeness (QED) is 0.548. The number of phenols is 1. The Morgan fingerprint density at radius 3 is 2.77 bits per heavy atom. The molecule has 0 radical (unpaired) electrons. The second kappa shape index (κ2) is 7.29. The van der Waals surface area contributed by atoms with Crippen LogP contribution in [-0.4, -0.2) is 17.4 Å². The lowest BCUT2D eigenvalue weighted by Gasteiger charge is -2.06. The lowest BCUT2D eigenvalue weighted by Crippen LogP contribution is -2.24. The van der Waals surface area contributed by atoms with Gasteiger partial charge in [-0.3, -0.25) is 0 Å². The molecule has 0 unspecified atom stereocenters. The number of anilines is 1. The Balaban J connectivity index is 1.98. The van der Waals surface area contributed by atoms with Crippen molar-refractivity contribution < 1.29 is 9.90 Å². The van der Waals surface area contributed by atoms with Crippen molar-refractivity contribution in [3.8, 4) is 5.75 Å². The normalized spacial score (nSPS) is 10.7. The molecule has 114 valence electrons. The van der Waals surface area contributed by atoms with Crippen molar-refractivity contribution >= 4 is 45.5 Å². The molecule has 0 heterocycles. The van der Waals surface area contributed by atoms with Gasteiger partial charge in [0.05, 0.1) is 15.7 Å². The molecule has 7 heteroatoms. The summed E-state index contributed by atoms with van der Waals surface area (Å²) in [4.78, 5) is 11.7. The zero-order valence-corrected chi connectivity index (χ0v) is 13.9. The van der Waals surface area contributed by atoms with Gasteiger partial charge in [0, 0.05) is 5.69 Å². The Hall–Kier alpha value is -2.05. The second-order valence-electron chi connectivity index (χ2n) is 4.47. The van der Waals surface area contributed by atoms with E-state index in [1.807, 2.05) is 25.1 Å². The van der Waals surface area contributed by atoms with Crippen LogP contribution in [0.15, 0.2) is 46.0 Å². The Morgan fingerprint density at radius 1 is 1.36 bits per heavy atom. The van der Waals surface area contributed by atoms with Crippen LogP contribution in [0.4, 0.5) is 10.5 Å². The summed E-state index contributed by atoms with van der Waals surface area (Å²) in [6.45, 7) is 1.90. The molecule has 0 aliphatic carbocycles.